The lowest BCUT2D eigenvalue weighted by atomic mass is 9.68. The Morgan fingerprint density at radius 1 is 1.00 bits per heavy atom. The van der Waals surface area contributed by atoms with Crippen LogP contribution >= 0.6 is 0 Å². The molecule has 0 bridgehead atoms. The largest absolute Gasteiger partial charge is 0.480 e. The highest BCUT2D eigenvalue weighted by atomic mass is 16.4. The number of hydrogen-bond acceptors (Lipinski definition) is 2. The summed E-state index contributed by atoms with van der Waals surface area (Å²) in [7, 11) is 0. The van der Waals surface area contributed by atoms with Crippen LogP contribution in [-0.2, 0) is 4.79 Å². The van der Waals surface area contributed by atoms with Crippen molar-refractivity contribution in [1.82, 2.24) is 4.90 Å². The third kappa shape index (κ3) is 2.86. The number of nitrogens with zero attached hydrogens (tertiary/aromatic N) is 1. The lowest BCUT2D eigenvalue weighted by molar-refractivity contribution is -0.154. The zero-order valence-corrected chi connectivity index (χ0v) is 13.7. The first-order valence-corrected chi connectivity index (χ1v) is 9.01. The Morgan fingerprint density at radius 3 is 2.43 bits per heavy atom. The molecule has 3 nitrogen and oxygen atoms in total. The van der Waals surface area contributed by atoms with Crippen LogP contribution in [0.5, 0.6) is 0 Å². The van der Waals surface area contributed by atoms with E-state index in [9.17, 15) is 9.90 Å². The molecule has 4 unspecified atom stereocenters. The van der Waals surface area contributed by atoms with E-state index in [2.05, 4.69) is 18.7 Å². The average Bonchev–Trinajstić information content (AvgIpc) is 2.46. The van der Waals surface area contributed by atoms with Crippen molar-refractivity contribution in [3.63, 3.8) is 0 Å². The standard InChI is InChI=1S/C18H31NO2/c1-18(2)12-6-5-9-16(18)19-14-8-4-3-7-13(14)10-11-15(19)17(20)21/h13-16H,3-12H2,1-2H3,(H,20,21). The zero-order valence-electron chi connectivity index (χ0n) is 13.7. The Hall–Kier alpha value is -0.570. The first kappa shape index (κ1) is 15.3. The Balaban J connectivity index is 1.89. The van der Waals surface area contributed by atoms with Crippen LogP contribution < -0.4 is 0 Å². The predicted molar refractivity (Wildman–Crippen MR) is 84.3 cm³/mol. The number of likely N-dealkylation sites (tertiary alicyclic amines) is 1. The van der Waals surface area contributed by atoms with Crippen molar-refractivity contribution in [2.45, 2.75) is 96.2 Å². The zero-order chi connectivity index (χ0) is 15.0. The molecule has 2 aliphatic carbocycles. The van der Waals surface area contributed by atoms with Crippen LogP contribution in [0, 0.1) is 11.3 Å². The van der Waals surface area contributed by atoms with Crippen LogP contribution in [0.15, 0.2) is 0 Å². The molecular weight excluding hydrogens is 262 g/mol. The Kier molecular flexibility index (Phi) is 4.31. The minimum Gasteiger partial charge on any atom is -0.480 e. The van der Waals surface area contributed by atoms with E-state index in [1.807, 2.05) is 0 Å². The molecule has 21 heavy (non-hydrogen) atoms. The van der Waals surface area contributed by atoms with E-state index in [0.717, 1.165) is 18.8 Å². The van der Waals surface area contributed by atoms with Gasteiger partial charge in [-0.3, -0.25) is 9.69 Å². The van der Waals surface area contributed by atoms with Crippen molar-refractivity contribution in [3.8, 4) is 0 Å². The van der Waals surface area contributed by atoms with Gasteiger partial charge in [-0.15, -0.1) is 0 Å². The van der Waals surface area contributed by atoms with E-state index in [1.165, 1.54) is 51.4 Å². The quantitative estimate of drug-likeness (QED) is 0.834. The fraction of sp³-hybridized carbons (Fsp3) is 0.944. The number of carboxylic acids is 1. The van der Waals surface area contributed by atoms with Gasteiger partial charge < -0.3 is 5.11 Å². The molecule has 0 amide bonds. The van der Waals surface area contributed by atoms with Crippen molar-refractivity contribution >= 4 is 5.97 Å². The van der Waals surface area contributed by atoms with Gasteiger partial charge in [0.05, 0.1) is 0 Å². The molecule has 0 spiro atoms. The summed E-state index contributed by atoms with van der Waals surface area (Å²) >= 11 is 0. The second-order valence-corrected chi connectivity index (χ2v) is 8.24. The van der Waals surface area contributed by atoms with Crippen LogP contribution in [0.2, 0.25) is 0 Å². The van der Waals surface area contributed by atoms with Crippen molar-refractivity contribution in [2.75, 3.05) is 0 Å². The van der Waals surface area contributed by atoms with Crippen molar-refractivity contribution in [2.24, 2.45) is 11.3 Å². The monoisotopic (exact) mass is 293 g/mol. The number of fused-ring (bicyclic) bond motifs is 1. The summed E-state index contributed by atoms with van der Waals surface area (Å²) in [6, 6.07) is 0.779. The highest BCUT2D eigenvalue weighted by Crippen LogP contribution is 2.46. The summed E-state index contributed by atoms with van der Waals surface area (Å²) in [5.74, 6) is 0.174. The fourth-order valence-corrected chi connectivity index (χ4v) is 5.40. The first-order valence-electron chi connectivity index (χ1n) is 9.01. The van der Waals surface area contributed by atoms with Gasteiger partial charge >= 0.3 is 5.97 Å². The number of rotatable bonds is 2. The smallest absolute Gasteiger partial charge is 0.320 e. The third-order valence-corrected chi connectivity index (χ3v) is 6.52. The lowest BCUT2D eigenvalue weighted by Gasteiger charge is -2.55. The lowest BCUT2D eigenvalue weighted by Crippen LogP contribution is -2.62. The van der Waals surface area contributed by atoms with Crippen LogP contribution in [-0.4, -0.2) is 34.1 Å². The van der Waals surface area contributed by atoms with Gasteiger partial charge in [0.25, 0.3) is 0 Å². The molecule has 0 aromatic carbocycles. The summed E-state index contributed by atoms with van der Waals surface area (Å²) in [5.41, 5.74) is 0.269. The minimum absolute atomic E-state index is 0.230. The van der Waals surface area contributed by atoms with Crippen molar-refractivity contribution < 1.29 is 9.90 Å². The average molecular weight is 293 g/mol. The molecule has 1 saturated heterocycles. The molecule has 2 saturated carbocycles. The summed E-state index contributed by atoms with van der Waals surface area (Å²) in [5, 5.41) is 9.76. The molecular formula is C18H31NO2. The predicted octanol–water partition coefficient (Wildman–Crippen LogP) is 4.06. The molecule has 4 atom stereocenters. The fourth-order valence-electron chi connectivity index (χ4n) is 5.40. The Morgan fingerprint density at radius 2 is 1.71 bits per heavy atom. The molecule has 0 radical (unpaired) electrons. The molecule has 1 aliphatic heterocycles. The van der Waals surface area contributed by atoms with E-state index in [-0.39, 0.29) is 11.5 Å². The van der Waals surface area contributed by atoms with Gasteiger partial charge in [-0.25, -0.2) is 0 Å². The van der Waals surface area contributed by atoms with Gasteiger partial charge in [-0.1, -0.05) is 39.5 Å². The highest BCUT2D eigenvalue weighted by Gasteiger charge is 2.48. The number of carboxylic acid groups (broad SMARTS) is 1. The van der Waals surface area contributed by atoms with Gasteiger partial charge in [0.15, 0.2) is 0 Å². The summed E-state index contributed by atoms with van der Waals surface area (Å²) < 4.78 is 0. The topological polar surface area (TPSA) is 40.5 Å². The summed E-state index contributed by atoms with van der Waals surface area (Å²) in [6.07, 6.45) is 12.2. The van der Waals surface area contributed by atoms with E-state index < -0.39 is 5.97 Å². The number of hydrogen-bond donors (Lipinski definition) is 1. The maximum atomic E-state index is 11.9. The third-order valence-electron chi connectivity index (χ3n) is 6.52. The number of carbonyl (C=O) groups is 1. The van der Waals surface area contributed by atoms with E-state index in [1.54, 1.807) is 0 Å². The molecule has 0 aromatic heterocycles. The van der Waals surface area contributed by atoms with E-state index >= 15 is 0 Å². The van der Waals surface area contributed by atoms with E-state index in [0.29, 0.717) is 12.1 Å². The maximum absolute atomic E-state index is 11.9. The van der Waals surface area contributed by atoms with Crippen LogP contribution in [0.25, 0.3) is 0 Å². The molecule has 1 N–H and O–H groups in total. The van der Waals surface area contributed by atoms with Gasteiger partial charge in [0, 0.05) is 12.1 Å². The molecule has 3 fully saturated rings. The van der Waals surface area contributed by atoms with Crippen molar-refractivity contribution in [1.29, 1.82) is 0 Å². The van der Waals surface area contributed by atoms with Gasteiger partial charge in [0.2, 0.25) is 0 Å². The maximum Gasteiger partial charge on any atom is 0.320 e. The van der Waals surface area contributed by atoms with Gasteiger partial charge in [-0.2, -0.15) is 0 Å². The summed E-state index contributed by atoms with van der Waals surface area (Å²) in [6.45, 7) is 4.73. The molecule has 1 heterocycles. The molecule has 3 heteroatoms. The molecule has 3 aliphatic rings. The second-order valence-electron chi connectivity index (χ2n) is 8.24. The molecule has 0 aromatic rings. The van der Waals surface area contributed by atoms with Crippen molar-refractivity contribution in [3.05, 3.63) is 0 Å². The van der Waals surface area contributed by atoms with Crippen LogP contribution in [0.4, 0.5) is 0 Å². The molecule has 3 rings (SSSR count). The van der Waals surface area contributed by atoms with Gasteiger partial charge in [-0.05, 0) is 49.9 Å². The molecule has 120 valence electrons. The van der Waals surface area contributed by atoms with E-state index in [4.69, 9.17) is 0 Å². The number of piperidine rings is 1. The summed E-state index contributed by atoms with van der Waals surface area (Å²) in [4.78, 5) is 14.3. The van der Waals surface area contributed by atoms with Crippen LogP contribution in [0.1, 0.15) is 78.1 Å². The Bertz CT molecular complexity index is 393. The minimum atomic E-state index is -0.583. The normalized spacial score (nSPS) is 40.5. The number of aliphatic carboxylic acids is 1. The second kappa shape index (κ2) is 5.91. The van der Waals surface area contributed by atoms with Gasteiger partial charge in [0.1, 0.15) is 6.04 Å². The first-order chi connectivity index (χ1) is 10.0. The Labute approximate surface area is 129 Å². The SMILES string of the molecule is CC1(C)CCCCC1N1C(C(=O)O)CCC2CCCCC21. The highest BCUT2D eigenvalue weighted by molar-refractivity contribution is 5.73. The van der Waals surface area contributed by atoms with Crippen LogP contribution in [0.3, 0.4) is 0 Å².